The van der Waals surface area contributed by atoms with E-state index in [2.05, 4.69) is 22.9 Å². The van der Waals surface area contributed by atoms with Gasteiger partial charge in [0.2, 0.25) is 0 Å². The minimum absolute atomic E-state index is 0.0606. The van der Waals surface area contributed by atoms with E-state index in [1.54, 1.807) is 6.07 Å². The molecule has 0 radical (unpaired) electrons. The van der Waals surface area contributed by atoms with Crippen molar-refractivity contribution in [1.82, 2.24) is 4.90 Å². The Bertz CT molecular complexity index is 547. The summed E-state index contributed by atoms with van der Waals surface area (Å²) in [5.41, 5.74) is 0.301. The van der Waals surface area contributed by atoms with Gasteiger partial charge >= 0.3 is 0 Å². The molecule has 0 bridgehead atoms. The van der Waals surface area contributed by atoms with E-state index in [1.165, 1.54) is 12.1 Å². The Morgan fingerprint density at radius 1 is 1.45 bits per heavy atom. The van der Waals surface area contributed by atoms with Crippen LogP contribution in [0.25, 0.3) is 0 Å². The van der Waals surface area contributed by atoms with Gasteiger partial charge in [-0.25, -0.2) is 0 Å². The largest absolute Gasteiger partial charge is 0.336 e. The van der Waals surface area contributed by atoms with Gasteiger partial charge in [0.1, 0.15) is 0 Å². The molecule has 1 saturated heterocycles. The minimum atomic E-state index is -0.481. The van der Waals surface area contributed by atoms with E-state index < -0.39 is 4.92 Å². The Morgan fingerprint density at radius 3 is 2.75 bits per heavy atom. The van der Waals surface area contributed by atoms with Crippen LogP contribution in [0.4, 0.5) is 5.69 Å². The molecule has 0 spiro atoms. The molecule has 0 aliphatic carbocycles. The minimum Gasteiger partial charge on any atom is -0.336 e. The Balaban J connectivity index is 2.29. The van der Waals surface area contributed by atoms with Crippen LogP contribution < -0.4 is 0 Å². The first-order chi connectivity index (χ1) is 9.40. The quantitative estimate of drug-likeness (QED) is 0.610. The van der Waals surface area contributed by atoms with Crippen LogP contribution in [-0.2, 0) is 0 Å². The van der Waals surface area contributed by atoms with Crippen molar-refractivity contribution in [3.8, 4) is 0 Å². The van der Waals surface area contributed by atoms with Gasteiger partial charge in [0.15, 0.2) is 0 Å². The van der Waals surface area contributed by atoms with Gasteiger partial charge in [-0.1, -0.05) is 6.92 Å². The molecule has 1 heterocycles. The molecule has 2 atom stereocenters. The number of benzene rings is 1. The Labute approximate surface area is 126 Å². The topological polar surface area (TPSA) is 63.5 Å². The number of carbonyl (C=O) groups excluding carboxylic acids is 1. The summed E-state index contributed by atoms with van der Waals surface area (Å²) in [5, 5.41) is 10.8. The molecule has 1 aromatic rings. The molecule has 0 N–H and O–H groups in total. The van der Waals surface area contributed by atoms with E-state index in [0.717, 1.165) is 12.8 Å². The molecule has 0 saturated carbocycles. The molecule has 0 aromatic heterocycles. The van der Waals surface area contributed by atoms with Gasteiger partial charge in [-0.3, -0.25) is 14.9 Å². The van der Waals surface area contributed by atoms with Crippen LogP contribution in [0.2, 0.25) is 0 Å². The summed E-state index contributed by atoms with van der Waals surface area (Å²) in [6.07, 6.45) is 1.95. The van der Waals surface area contributed by atoms with Crippen LogP contribution in [0.15, 0.2) is 22.7 Å². The summed E-state index contributed by atoms with van der Waals surface area (Å²) in [6.45, 7) is 4.91. The number of nitro benzene ring substituents is 1. The number of likely N-dealkylation sites (tertiary alicyclic amines) is 1. The average Bonchev–Trinajstić information content (AvgIpc) is 2.38. The number of carbonyl (C=O) groups is 1. The Hall–Kier alpha value is -1.43. The second-order valence-corrected chi connectivity index (χ2v) is 6.25. The van der Waals surface area contributed by atoms with E-state index in [-0.39, 0.29) is 17.6 Å². The van der Waals surface area contributed by atoms with Crippen molar-refractivity contribution in [3.63, 3.8) is 0 Å². The summed E-state index contributed by atoms with van der Waals surface area (Å²) in [5.74, 6) is 0.475. The monoisotopic (exact) mass is 340 g/mol. The summed E-state index contributed by atoms with van der Waals surface area (Å²) in [7, 11) is 0. The predicted octanol–water partition coefficient (Wildman–Crippen LogP) is 3.62. The van der Waals surface area contributed by atoms with Crippen molar-refractivity contribution in [2.45, 2.75) is 32.7 Å². The standard InChI is InChI=1S/C14H17BrN2O3/c1-9-5-6-16(10(2)7-9)14(18)12-8-11(17(19)20)3-4-13(12)15/h3-4,8-10H,5-7H2,1-2H3. The van der Waals surface area contributed by atoms with E-state index in [1.807, 2.05) is 11.8 Å². The smallest absolute Gasteiger partial charge is 0.270 e. The van der Waals surface area contributed by atoms with Crippen molar-refractivity contribution >= 4 is 27.5 Å². The number of amides is 1. The van der Waals surface area contributed by atoms with E-state index in [0.29, 0.717) is 22.5 Å². The van der Waals surface area contributed by atoms with Crippen molar-refractivity contribution in [3.05, 3.63) is 38.3 Å². The fourth-order valence-corrected chi connectivity index (χ4v) is 3.07. The third kappa shape index (κ3) is 3.00. The molecular weight excluding hydrogens is 324 g/mol. The van der Waals surface area contributed by atoms with Gasteiger partial charge in [-0.15, -0.1) is 0 Å². The number of nitrogens with zero attached hydrogens (tertiary/aromatic N) is 2. The molecule has 2 rings (SSSR count). The Morgan fingerprint density at radius 2 is 2.15 bits per heavy atom. The SMILES string of the molecule is CC1CCN(C(=O)c2cc([N+](=O)[O-])ccc2Br)C(C)C1. The number of hydrogen-bond donors (Lipinski definition) is 0. The highest BCUT2D eigenvalue weighted by molar-refractivity contribution is 9.10. The number of halogens is 1. The lowest BCUT2D eigenvalue weighted by molar-refractivity contribution is -0.384. The van der Waals surface area contributed by atoms with Crippen LogP contribution >= 0.6 is 15.9 Å². The molecule has 1 amide bonds. The third-order valence-corrected chi connectivity index (χ3v) is 4.48. The summed E-state index contributed by atoms with van der Waals surface area (Å²) < 4.78 is 0.596. The van der Waals surface area contributed by atoms with E-state index in [4.69, 9.17) is 0 Å². The number of hydrogen-bond acceptors (Lipinski definition) is 3. The van der Waals surface area contributed by atoms with Crippen molar-refractivity contribution in [1.29, 1.82) is 0 Å². The van der Waals surface area contributed by atoms with Gasteiger partial charge in [0.05, 0.1) is 10.5 Å². The lowest BCUT2D eigenvalue weighted by Crippen LogP contribution is -2.44. The Kier molecular flexibility index (Phi) is 4.42. The van der Waals surface area contributed by atoms with Gasteiger partial charge < -0.3 is 4.90 Å². The first kappa shape index (κ1) is 15.0. The normalized spacial score (nSPS) is 22.6. The zero-order valence-electron chi connectivity index (χ0n) is 11.5. The summed E-state index contributed by atoms with van der Waals surface area (Å²) in [6, 6.07) is 4.46. The molecule has 108 valence electrons. The van der Waals surface area contributed by atoms with Crippen LogP contribution in [0, 0.1) is 16.0 Å². The highest BCUT2D eigenvalue weighted by Crippen LogP contribution is 2.28. The highest BCUT2D eigenvalue weighted by Gasteiger charge is 2.29. The number of piperidine rings is 1. The first-order valence-electron chi connectivity index (χ1n) is 6.65. The van der Waals surface area contributed by atoms with Crippen LogP contribution in [0.1, 0.15) is 37.0 Å². The van der Waals surface area contributed by atoms with Gasteiger partial charge in [-0.2, -0.15) is 0 Å². The molecule has 1 fully saturated rings. The fourth-order valence-electron chi connectivity index (χ4n) is 2.65. The predicted molar refractivity (Wildman–Crippen MR) is 79.7 cm³/mol. The third-order valence-electron chi connectivity index (χ3n) is 3.79. The maximum atomic E-state index is 12.6. The number of non-ortho nitro benzene ring substituents is 1. The van der Waals surface area contributed by atoms with E-state index in [9.17, 15) is 14.9 Å². The maximum absolute atomic E-state index is 12.6. The lowest BCUT2D eigenvalue weighted by Gasteiger charge is -2.36. The zero-order valence-corrected chi connectivity index (χ0v) is 13.1. The van der Waals surface area contributed by atoms with Crippen LogP contribution in [0.5, 0.6) is 0 Å². The second kappa shape index (κ2) is 5.91. The molecule has 6 heteroatoms. The molecule has 20 heavy (non-hydrogen) atoms. The second-order valence-electron chi connectivity index (χ2n) is 5.40. The van der Waals surface area contributed by atoms with Crippen molar-refractivity contribution < 1.29 is 9.72 Å². The summed E-state index contributed by atoms with van der Waals surface area (Å²) in [4.78, 5) is 24.7. The molecule has 1 aliphatic rings. The van der Waals surface area contributed by atoms with Gasteiger partial charge in [0.25, 0.3) is 11.6 Å². The molecule has 2 unspecified atom stereocenters. The van der Waals surface area contributed by atoms with Crippen molar-refractivity contribution in [2.24, 2.45) is 5.92 Å². The summed E-state index contributed by atoms with van der Waals surface area (Å²) >= 11 is 3.31. The number of rotatable bonds is 2. The van der Waals surface area contributed by atoms with E-state index >= 15 is 0 Å². The number of nitro groups is 1. The first-order valence-corrected chi connectivity index (χ1v) is 7.44. The fraction of sp³-hybridized carbons (Fsp3) is 0.500. The van der Waals surface area contributed by atoms with Gasteiger partial charge in [-0.05, 0) is 47.7 Å². The van der Waals surface area contributed by atoms with Crippen LogP contribution in [0.3, 0.4) is 0 Å². The molecule has 1 aromatic carbocycles. The molecule has 1 aliphatic heterocycles. The maximum Gasteiger partial charge on any atom is 0.270 e. The average molecular weight is 341 g/mol. The van der Waals surface area contributed by atoms with Crippen LogP contribution in [-0.4, -0.2) is 28.3 Å². The van der Waals surface area contributed by atoms with Gasteiger partial charge in [0, 0.05) is 29.2 Å². The molecular formula is C14H17BrN2O3. The molecule has 5 nitrogen and oxygen atoms in total. The van der Waals surface area contributed by atoms with Crippen molar-refractivity contribution in [2.75, 3.05) is 6.54 Å². The highest BCUT2D eigenvalue weighted by atomic mass is 79.9. The zero-order chi connectivity index (χ0) is 14.9. The lowest BCUT2D eigenvalue weighted by atomic mass is 9.93.